The molecule has 0 bridgehead atoms. The molecule has 0 aromatic heterocycles. The molecule has 104 valence electrons. The van der Waals surface area contributed by atoms with E-state index in [0.717, 1.165) is 48.7 Å². The summed E-state index contributed by atoms with van der Waals surface area (Å²) < 4.78 is 5.33. The second kappa shape index (κ2) is 6.09. The van der Waals surface area contributed by atoms with Gasteiger partial charge in [-0.1, -0.05) is 24.6 Å². The molecule has 1 heterocycles. The Balaban J connectivity index is 2.04. The summed E-state index contributed by atoms with van der Waals surface area (Å²) in [5, 5.41) is 0. The molecule has 1 saturated heterocycles. The molecule has 0 atom stereocenters. The summed E-state index contributed by atoms with van der Waals surface area (Å²) in [4.78, 5) is 14.3. The van der Waals surface area contributed by atoms with Crippen molar-refractivity contribution in [2.24, 2.45) is 5.92 Å². The fourth-order valence-electron chi connectivity index (χ4n) is 2.58. The molecule has 1 aliphatic heterocycles. The highest BCUT2D eigenvalue weighted by atomic mass is 16.5. The first-order chi connectivity index (χ1) is 9.10. The summed E-state index contributed by atoms with van der Waals surface area (Å²) in [6, 6.07) is 5.99. The average molecular weight is 261 g/mol. The number of piperidine rings is 1. The Morgan fingerprint density at radius 1 is 1.37 bits per heavy atom. The SMILES string of the molecule is COc1ccc(C)cc1CC(=O)N1CCC(C)CC1. The monoisotopic (exact) mass is 261 g/mol. The van der Waals surface area contributed by atoms with Crippen LogP contribution in [0.25, 0.3) is 0 Å². The molecule has 0 saturated carbocycles. The fourth-order valence-corrected chi connectivity index (χ4v) is 2.58. The summed E-state index contributed by atoms with van der Waals surface area (Å²) >= 11 is 0. The zero-order chi connectivity index (χ0) is 13.8. The Morgan fingerprint density at radius 2 is 2.05 bits per heavy atom. The third-order valence-corrected chi connectivity index (χ3v) is 3.91. The third kappa shape index (κ3) is 3.49. The van der Waals surface area contributed by atoms with Crippen LogP contribution in [0, 0.1) is 12.8 Å². The van der Waals surface area contributed by atoms with Crippen molar-refractivity contribution in [2.45, 2.75) is 33.1 Å². The van der Waals surface area contributed by atoms with Gasteiger partial charge in [-0.05, 0) is 31.7 Å². The van der Waals surface area contributed by atoms with E-state index < -0.39 is 0 Å². The molecular weight excluding hydrogens is 238 g/mol. The Hall–Kier alpha value is -1.51. The van der Waals surface area contributed by atoms with Crippen molar-refractivity contribution in [3.05, 3.63) is 29.3 Å². The molecule has 3 heteroatoms. The number of rotatable bonds is 3. The van der Waals surface area contributed by atoms with Gasteiger partial charge in [-0.25, -0.2) is 0 Å². The summed E-state index contributed by atoms with van der Waals surface area (Å²) in [7, 11) is 1.65. The minimum atomic E-state index is 0.218. The number of likely N-dealkylation sites (tertiary alicyclic amines) is 1. The molecule has 0 spiro atoms. The predicted molar refractivity (Wildman–Crippen MR) is 76.4 cm³/mol. The molecule has 1 aliphatic rings. The van der Waals surface area contributed by atoms with E-state index in [1.165, 1.54) is 0 Å². The van der Waals surface area contributed by atoms with Crippen LogP contribution in [0.5, 0.6) is 5.75 Å². The number of methoxy groups -OCH3 is 1. The van der Waals surface area contributed by atoms with Crippen molar-refractivity contribution in [3.63, 3.8) is 0 Å². The van der Waals surface area contributed by atoms with Crippen LogP contribution in [0.3, 0.4) is 0 Å². The normalized spacial score (nSPS) is 16.5. The van der Waals surface area contributed by atoms with Gasteiger partial charge in [-0.2, -0.15) is 0 Å². The number of ether oxygens (including phenoxy) is 1. The van der Waals surface area contributed by atoms with Crippen LogP contribution in [-0.2, 0) is 11.2 Å². The van der Waals surface area contributed by atoms with E-state index in [1.807, 2.05) is 30.0 Å². The Morgan fingerprint density at radius 3 is 2.68 bits per heavy atom. The Bertz CT molecular complexity index is 448. The maximum absolute atomic E-state index is 12.3. The van der Waals surface area contributed by atoms with Crippen LogP contribution in [0.15, 0.2) is 18.2 Å². The molecule has 0 aliphatic carbocycles. The number of benzene rings is 1. The highest BCUT2D eigenvalue weighted by molar-refractivity contribution is 5.79. The van der Waals surface area contributed by atoms with Crippen molar-refractivity contribution in [1.29, 1.82) is 0 Å². The minimum Gasteiger partial charge on any atom is -0.496 e. The quantitative estimate of drug-likeness (QED) is 0.837. The third-order valence-electron chi connectivity index (χ3n) is 3.91. The Labute approximate surface area is 115 Å². The molecule has 0 N–H and O–H groups in total. The first kappa shape index (κ1) is 13.9. The number of carbonyl (C=O) groups excluding carboxylic acids is 1. The van der Waals surface area contributed by atoms with E-state index in [4.69, 9.17) is 4.74 Å². The molecule has 0 unspecified atom stereocenters. The standard InChI is InChI=1S/C16H23NO2/c1-12-6-8-17(9-7-12)16(18)11-14-10-13(2)4-5-15(14)19-3/h4-5,10,12H,6-9,11H2,1-3H3. The van der Waals surface area contributed by atoms with E-state index in [1.54, 1.807) is 7.11 Å². The number of aryl methyl sites for hydroxylation is 1. The number of carbonyl (C=O) groups is 1. The van der Waals surface area contributed by atoms with Crippen LogP contribution in [-0.4, -0.2) is 31.0 Å². The van der Waals surface area contributed by atoms with Crippen molar-refractivity contribution < 1.29 is 9.53 Å². The molecule has 1 fully saturated rings. The van der Waals surface area contributed by atoms with E-state index in [9.17, 15) is 4.79 Å². The second-order valence-electron chi connectivity index (χ2n) is 5.56. The van der Waals surface area contributed by atoms with Gasteiger partial charge in [0, 0.05) is 18.7 Å². The van der Waals surface area contributed by atoms with Gasteiger partial charge in [-0.3, -0.25) is 4.79 Å². The second-order valence-corrected chi connectivity index (χ2v) is 5.56. The van der Waals surface area contributed by atoms with Gasteiger partial charge in [0.2, 0.25) is 5.91 Å². The fraction of sp³-hybridized carbons (Fsp3) is 0.562. The highest BCUT2D eigenvalue weighted by Crippen LogP contribution is 2.22. The molecule has 1 aromatic rings. The van der Waals surface area contributed by atoms with Crippen LogP contribution in [0.1, 0.15) is 30.9 Å². The minimum absolute atomic E-state index is 0.218. The smallest absolute Gasteiger partial charge is 0.227 e. The Kier molecular flexibility index (Phi) is 4.46. The first-order valence-electron chi connectivity index (χ1n) is 7.01. The molecule has 1 amide bonds. The van der Waals surface area contributed by atoms with Crippen LogP contribution in [0.4, 0.5) is 0 Å². The topological polar surface area (TPSA) is 29.5 Å². The lowest BCUT2D eigenvalue weighted by Crippen LogP contribution is -2.38. The first-order valence-corrected chi connectivity index (χ1v) is 7.01. The van der Waals surface area contributed by atoms with Crippen LogP contribution in [0.2, 0.25) is 0 Å². The molecular formula is C16H23NO2. The zero-order valence-electron chi connectivity index (χ0n) is 12.1. The predicted octanol–water partition coefficient (Wildman–Crippen LogP) is 2.80. The number of hydrogen-bond donors (Lipinski definition) is 0. The van der Waals surface area contributed by atoms with Gasteiger partial charge in [0.1, 0.15) is 5.75 Å². The summed E-state index contributed by atoms with van der Waals surface area (Å²) in [5.74, 6) is 1.78. The summed E-state index contributed by atoms with van der Waals surface area (Å²) in [6.07, 6.45) is 2.69. The maximum Gasteiger partial charge on any atom is 0.227 e. The van der Waals surface area contributed by atoms with Gasteiger partial charge >= 0.3 is 0 Å². The van der Waals surface area contributed by atoms with Crippen molar-refractivity contribution >= 4 is 5.91 Å². The van der Waals surface area contributed by atoms with E-state index in [0.29, 0.717) is 6.42 Å². The number of hydrogen-bond acceptors (Lipinski definition) is 2. The van der Waals surface area contributed by atoms with Gasteiger partial charge in [-0.15, -0.1) is 0 Å². The molecule has 19 heavy (non-hydrogen) atoms. The van der Waals surface area contributed by atoms with Crippen LogP contribution < -0.4 is 4.74 Å². The lowest BCUT2D eigenvalue weighted by Gasteiger charge is -2.30. The van der Waals surface area contributed by atoms with Gasteiger partial charge in [0.25, 0.3) is 0 Å². The number of amides is 1. The lowest BCUT2D eigenvalue weighted by molar-refractivity contribution is -0.131. The molecule has 1 aromatic carbocycles. The number of nitrogens with zero attached hydrogens (tertiary/aromatic N) is 1. The summed E-state index contributed by atoms with van der Waals surface area (Å²) in [5.41, 5.74) is 2.15. The maximum atomic E-state index is 12.3. The largest absolute Gasteiger partial charge is 0.496 e. The highest BCUT2D eigenvalue weighted by Gasteiger charge is 2.21. The van der Waals surface area contributed by atoms with Crippen LogP contribution >= 0.6 is 0 Å². The van der Waals surface area contributed by atoms with Gasteiger partial charge in [0.15, 0.2) is 0 Å². The van der Waals surface area contributed by atoms with Crippen molar-refractivity contribution in [2.75, 3.05) is 20.2 Å². The molecule has 0 radical (unpaired) electrons. The summed E-state index contributed by atoms with van der Waals surface area (Å²) in [6.45, 7) is 6.09. The van der Waals surface area contributed by atoms with E-state index in [2.05, 4.69) is 6.92 Å². The van der Waals surface area contributed by atoms with E-state index in [-0.39, 0.29) is 5.91 Å². The van der Waals surface area contributed by atoms with Crippen molar-refractivity contribution in [3.8, 4) is 5.75 Å². The van der Waals surface area contributed by atoms with Crippen molar-refractivity contribution in [1.82, 2.24) is 4.90 Å². The van der Waals surface area contributed by atoms with E-state index >= 15 is 0 Å². The average Bonchev–Trinajstić information content (AvgIpc) is 2.39. The lowest BCUT2D eigenvalue weighted by atomic mass is 9.98. The zero-order valence-corrected chi connectivity index (χ0v) is 12.1. The van der Waals surface area contributed by atoms with Gasteiger partial charge in [0.05, 0.1) is 13.5 Å². The molecule has 2 rings (SSSR count). The molecule has 3 nitrogen and oxygen atoms in total. The van der Waals surface area contributed by atoms with Gasteiger partial charge < -0.3 is 9.64 Å².